The van der Waals surface area contributed by atoms with E-state index in [9.17, 15) is 9.59 Å². The molecule has 0 radical (unpaired) electrons. The lowest BCUT2D eigenvalue weighted by molar-refractivity contribution is 0.0951. The van der Waals surface area contributed by atoms with Crippen molar-refractivity contribution in [2.24, 2.45) is 0 Å². The monoisotopic (exact) mass is 369 g/mol. The molecule has 0 aromatic heterocycles. The second kappa shape index (κ2) is 10.9. The Morgan fingerprint density at radius 3 is 2.64 bits per heavy atom. The van der Waals surface area contributed by atoms with Gasteiger partial charge in [-0.1, -0.05) is 6.07 Å². The molecule has 2 rings (SSSR count). The highest BCUT2D eigenvalue weighted by molar-refractivity contribution is 5.96. The average Bonchev–Trinajstić information content (AvgIpc) is 2.59. The molecule has 1 saturated heterocycles. The molecule has 0 atom stereocenters. The zero-order valence-electron chi connectivity index (χ0n) is 14.9. The van der Waals surface area contributed by atoms with Gasteiger partial charge in [-0.25, -0.2) is 4.79 Å². The minimum atomic E-state index is -0.219. The average molecular weight is 370 g/mol. The summed E-state index contributed by atoms with van der Waals surface area (Å²) >= 11 is 0. The zero-order chi connectivity index (χ0) is 17.4. The van der Waals surface area contributed by atoms with Gasteiger partial charge < -0.3 is 25.8 Å². The molecule has 1 aromatic carbocycles. The summed E-state index contributed by atoms with van der Waals surface area (Å²) in [5.41, 5.74) is 1.16. The molecule has 0 aliphatic carbocycles. The van der Waals surface area contributed by atoms with E-state index < -0.39 is 0 Å². The van der Waals surface area contributed by atoms with Crippen LogP contribution in [0, 0.1) is 0 Å². The van der Waals surface area contributed by atoms with E-state index in [0.717, 1.165) is 39.1 Å². The van der Waals surface area contributed by atoms with Crippen LogP contribution in [0.2, 0.25) is 0 Å². The van der Waals surface area contributed by atoms with Gasteiger partial charge in [-0.15, -0.1) is 12.4 Å². The van der Waals surface area contributed by atoms with Gasteiger partial charge in [0.2, 0.25) is 0 Å². The molecular formula is C17H28ClN5O2. The maximum atomic E-state index is 12.2. The molecule has 0 saturated carbocycles. The first-order chi connectivity index (χ1) is 11.6. The molecule has 1 fully saturated rings. The maximum Gasteiger partial charge on any atom is 0.321 e. The van der Waals surface area contributed by atoms with Crippen LogP contribution in [-0.2, 0) is 0 Å². The topological polar surface area (TPSA) is 76.7 Å². The molecule has 7 nitrogen and oxygen atoms in total. The van der Waals surface area contributed by atoms with Crippen molar-refractivity contribution in [3.8, 4) is 0 Å². The van der Waals surface area contributed by atoms with Gasteiger partial charge in [-0.05, 0) is 31.2 Å². The van der Waals surface area contributed by atoms with E-state index in [4.69, 9.17) is 0 Å². The van der Waals surface area contributed by atoms with Crippen LogP contribution < -0.4 is 16.0 Å². The van der Waals surface area contributed by atoms with E-state index >= 15 is 0 Å². The van der Waals surface area contributed by atoms with Crippen molar-refractivity contribution in [2.45, 2.75) is 6.42 Å². The van der Waals surface area contributed by atoms with Crippen molar-refractivity contribution in [2.75, 3.05) is 58.7 Å². The SMILES string of the molecule is CN(C)C(=O)Nc1cccc(C(=O)NCCCN2CCNCC2)c1.Cl. The third kappa shape index (κ3) is 7.29. The zero-order valence-corrected chi connectivity index (χ0v) is 15.7. The first-order valence-electron chi connectivity index (χ1n) is 8.36. The Morgan fingerprint density at radius 2 is 1.96 bits per heavy atom. The Kier molecular flexibility index (Phi) is 9.26. The lowest BCUT2D eigenvalue weighted by Crippen LogP contribution is -2.44. The summed E-state index contributed by atoms with van der Waals surface area (Å²) < 4.78 is 0. The lowest BCUT2D eigenvalue weighted by Gasteiger charge is -2.27. The summed E-state index contributed by atoms with van der Waals surface area (Å²) in [6.07, 6.45) is 0.933. The first-order valence-corrected chi connectivity index (χ1v) is 8.36. The van der Waals surface area contributed by atoms with Gasteiger partial charge >= 0.3 is 6.03 Å². The van der Waals surface area contributed by atoms with Crippen LogP contribution in [0.15, 0.2) is 24.3 Å². The molecule has 0 unspecified atom stereocenters. The molecule has 3 amide bonds. The van der Waals surface area contributed by atoms with Crippen molar-refractivity contribution in [1.29, 1.82) is 0 Å². The van der Waals surface area contributed by atoms with Gasteiger partial charge in [-0.2, -0.15) is 0 Å². The van der Waals surface area contributed by atoms with E-state index in [0.29, 0.717) is 17.8 Å². The fourth-order valence-electron chi connectivity index (χ4n) is 2.51. The predicted octanol–water partition coefficient (Wildman–Crippen LogP) is 1.23. The Hall–Kier alpha value is -1.83. The van der Waals surface area contributed by atoms with Gasteiger partial charge in [0, 0.05) is 58.1 Å². The third-order valence-electron chi connectivity index (χ3n) is 3.93. The number of urea groups is 1. The highest BCUT2D eigenvalue weighted by Crippen LogP contribution is 2.11. The van der Waals surface area contributed by atoms with Crippen LogP contribution >= 0.6 is 12.4 Å². The summed E-state index contributed by atoms with van der Waals surface area (Å²) in [7, 11) is 3.34. The van der Waals surface area contributed by atoms with Crippen LogP contribution in [0.5, 0.6) is 0 Å². The Morgan fingerprint density at radius 1 is 1.24 bits per heavy atom. The van der Waals surface area contributed by atoms with Gasteiger partial charge in [-0.3, -0.25) is 4.79 Å². The summed E-state index contributed by atoms with van der Waals surface area (Å²) in [5, 5.41) is 9.00. The minimum Gasteiger partial charge on any atom is -0.352 e. The second-order valence-corrected chi connectivity index (χ2v) is 6.11. The Bertz CT molecular complexity index is 562. The number of benzene rings is 1. The van der Waals surface area contributed by atoms with Gasteiger partial charge in [0.05, 0.1) is 0 Å². The molecular weight excluding hydrogens is 342 g/mol. The molecule has 140 valence electrons. The number of carbonyl (C=O) groups is 2. The van der Waals surface area contributed by atoms with Crippen LogP contribution in [0.3, 0.4) is 0 Å². The molecule has 1 aliphatic rings. The van der Waals surface area contributed by atoms with Crippen LogP contribution in [0.4, 0.5) is 10.5 Å². The Balaban J connectivity index is 0.00000312. The molecule has 0 spiro atoms. The number of hydrogen-bond acceptors (Lipinski definition) is 4. The number of rotatable bonds is 6. The number of hydrogen-bond donors (Lipinski definition) is 3. The van der Waals surface area contributed by atoms with Crippen molar-refractivity contribution < 1.29 is 9.59 Å². The molecule has 25 heavy (non-hydrogen) atoms. The van der Waals surface area contributed by atoms with Crippen LogP contribution in [0.25, 0.3) is 0 Å². The number of halogens is 1. The standard InChI is InChI=1S/C17H27N5O2.ClH/c1-21(2)17(24)20-15-6-3-5-14(13-15)16(23)19-7-4-10-22-11-8-18-9-12-22;/h3,5-6,13,18H,4,7-12H2,1-2H3,(H,19,23)(H,20,24);1H. The maximum absolute atomic E-state index is 12.2. The molecule has 3 N–H and O–H groups in total. The number of nitrogens with zero attached hydrogens (tertiary/aromatic N) is 2. The summed E-state index contributed by atoms with van der Waals surface area (Å²) in [5.74, 6) is -0.115. The number of amides is 3. The predicted molar refractivity (Wildman–Crippen MR) is 103 cm³/mol. The molecule has 8 heteroatoms. The normalized spacial score (nSPS) is 14.3. The van der Waals surface area contributed by atoms with E-state index in [1.165, 1.54) is 4.90 Å². The van der Waals surface area contributed by atoms with Crippen LogP contribution in [0.1, 0.15) is 16.8 Å². The molecule has 0 bridgehead atoms. The quantitative estimate of drug-likeness (QED) is 0.659. The fourth-order valence-corrected chi connectivity index (χ4v) is 2.51. The number of nitrogens with one attached hydrogen (secondary N) is 3. The lowest BCUT2D eigenvalue weighted by atomic mass is 10.2. The summed E-state index contributed by atoms with van der Waals surface area (Å²) in [6.45, 7) is 5.87. The molecule has 1 aromatic rings. The van der Waals surface area contributed by atoms with Crippen molar-refractivity contribution in [1.82, 2.24) is 20.4 Å². The second-order valence-electron chi connectivity index (χ2n) is 6.11. The van der Waals surface area contributed by atoms with Gasteiger partial charge in [0.25, 0.3) is 5.91 Å². The van der Waals surface area contributed by atoms with Gasteiger partial charge in [0.15, 0.2) is 0 Å². The molecule has 1 aliphatic heterocycles. The van der Waals surface area contributed by atoms with Crippen molar-refractivity contribution in [3.05, 3.63) is 29.8 Å². The van der Waals surface area contributed by atoms with E-state index in [2.05, 4.69) is 20.9 Å². The van der Waals surface area contributed by atoms with E-state index in [1.54, 1.807) is 38.4 Å². The fraction of sp³-hybridized carbons (Fsp3) is 0.529. The first kappa shape index (κ1) is 21.2. The molecule has 1 heterocycles. The Labute approximate surface area is 155 Å². The summed E-state index contributed by atoms with van der Waals surface area (Å²) in [6, 6.07) is 6.75. The van der Waals surface area contributed by atoms with Crippen LogP contribution in [-0.4, -0.2) is 75.1 Å². The smallest absolute Gasteiger partial charge is 0.321 e. The third-order valence-corrected chi connectivity index (χ3v) is 3.93. The summed E-state index contributed by atoms with van der Waals surface area (Å²) in [4.78, 5) is 27.7. The van der Waals surface area contributed by atoms with Gasteiger partial charge in [0.1, 0.15) is 0 Å². The van der Waals surface area contributed by atoms with E-state index in [1.807, 2.05) is 0 Å². The van der Waals surface area contributed by atoms with Crippen molar-refractivity contribution >= 4 is 30.0 Å². The highest BCUT2D eigenvalue weighted by atomic mass is 35.5. The minimum absolute atomic E-state index is 0. The van der Waals surface area contributed by atoms with E-state index in [-0.39, 0.29) is 24.3 Å². The largest absolute Gasteiger partial charge is 0.352 e. The highest BCUT2D eigenvalue weighted by Gasteiger charge is 2.10. The number of piperazine rings is 1. The number of anilines is 1. The number of carbonyl (C=O) groups excluding carboxylic acids is 2. The van der Waals surface area contributed by atoms with Crippen molar-refractivity contribution in [3.63, 3.8) is 0 Å².